The number of terminal acetylenes is 1. The Balaban J connectivity index is 1.75. The maximum atomic E-state index is 11.6. The van der Waals surface area contributed by atoms with Crippen molar-refractivity contribution in [2.24, 2.45) is 0 Å². The van der Waals surface area contributed by atoms with E-state index in [2.05, 4.69) is 21.2 Å². The van der Waals surface area contributed by atoms with E-state index >= 15 is 0 Å². The van der Waals surface area contributed by atoms with Gasteiger partial charge in [0.2, 0.25) is 0 Å². The Hall–Kier alpha value is -2.94. The number of imidazole rings is 1. The molecule has 0 unspecified atom stereocenters. The first-order chi connectivity index (χ1) is 10.8. The normalized spacial score (nSPS) is 9.77. The number of aromatic amines is 1. The number of benzene rings is 1. The predicted molar refractivity (Wildman–Crippen MR) is 81.2 cm³/mol. The smallest absolute Gasteiger partial charge is 0.407 e. The van der Waals surface area contributed by atoms with Crippen LogP contribution in [0, 0.1) is 12.3 Å². The van der Waals surface area contributed by atoms with Gasteiger partial charge in [-0.2, -0.15) is 0 Å². The van der Waals surface area contributed by atoms with Crippen molar-refractivity contribution in [2.45, 2.75) is 13.0 Å². The van der Waals surface area contributed by atoms with Crippen LogP contribution in [0.1, 0.15) is 11.3 Å². The number of H-pyrrole nitrogens is 1. The van der Waals surface area contributed by atoms with E-state index < -0.39 is 6.09 Å². The zero-order chi connectivity index (χ0) is 15.6. The quantitative estimate of drug-likeness (QED) is 0.766. The van der Waals surface area contributed by atoms with Crippen LogP contribution in [0.15, 0.2) is 36.8 Å². The average molecular weight is 299 g/mol. The summed E-state index contributed by atoms with van der Waals surface area (Å²) in [6, 6.07) is 7.28. The van der Waals surface area contributed by atoms with E-state index in [4.69, 9.17) is 15.9 Å². The first kappa shape index (κ1) is 15.4. The Morgan fingerprint density at radius 1 is 1.41 bits per heavy atom. The molecule has 0 aliphatic carbocycles. The van der Waals surface area contributed by atoms with Crippen molar-refractivity contribution >= 4 is 6.09 Å². The highest BCUT2D eigenvalue weighted by Gasteiger charge is 2.07. The minimum Gasteiger partial charge on any atom is -0.481 e. The molecule has 0 atom stereocenters. The Labute approximate surface area is 128 Å². The SMILES string of the molecule is C#CCOc1ccccc1COC(=O)NCCc1c[nH]cn1. The predicted octanol–water partition coefficient (Wildman–Crippen LogP) is 1.89. The van der Waals surface area contributed by atoms with Gasteiger partial charge in [-0.05, 0) is 6.07 Å². The molecule has 1 amide bonds. The highest BCUT2D eigenvalue weighted by Crippen LogP contribution is 2.18. The fourth-order valence-corrected chi connectivity index (χ4v) is 1.80. The number of para-hydroxylation sites is 1. The lowest BCUT2D eigenvalue weighted by Crippen LogP contribution is -2.26. The van der Waals surface area contributed by atoms with E-state index in [-0.39, 0.29) is 13.2 Å². The van der Waals surface area contributed by atoms with Gasteiger partial charge in [-0.3, -0.25) is 0 Å². The van der Waals surface area contributed by atoms with Gasteiger partial charge < -0.3 is 19.8 Å². The number of carbonyl (C=O) groups excluding carboxylic acids is 1. The first-order valence-corrected chi connectivity index (χ1v) is 6.82. The van der Waals surface area contributed by atoms with Gasteiger partial charge in [-0.15, -0.1) is 6.42 Å². The van der Waals surface area contributed by atoms with E-state index in [9.17, 15) is 4.79 Å². The lowest BCUT2D eigenvalue weighted by Gasteiger charge is -2.10. The number of nitrogens with zero attached hydrogens (tertiary/aromatic N) is 1. The van der Waals surface area contributed by atoms with Crippen LogP contribution >= 0.6 is 0 Å². The third-order valence-electron chi connectivity index (χ3n) is 2.85. The summed E-state index contributed by atoms with van der Waals surface area (Å²) < 4.78 is 10.5. The molecule has 114 valence electrons. The van der Waals surface area contributed by atoms with E-state index in [0.717, 1.165) is 11.3 Å². The fourth-order valence-electron chi connectivity index (χ4n) is 1.80. The number of alkyl carbamates (subject to hydrolysis) is 1. The summed E-state index contributed by atoms with van der Waals surface area (Å²) in [6.07, 6.45) is 8.70. The number of ether oxygens (including phenoxy) is 2. The van der Waals surface area contributed by atoms with Crippen LogP contribution in [0.4, 0.5) is 4.79 Å². The van der Waals surface area contributed by atoms with Crippen molar-refractivity contribution < 1.29 is 14.3 Å². The molecule has 6 heteroatoms. The van der Waals surface area contributed by atoms with Gasteiger partial charge in [0, 0.05) is 24.7 Å². The topological polar surface area (TPSA) is 76.2 Å². The molecule has 0 fully saturated rings. The highest BCUT2D eigenvalue weighted by molar-refractivity contribution is 5.67. The molecule has 22 heavy (non-hydrogen) atoms. The van der Waals surface area contributed by atoms with Gasteiger partial charge in [0.25, 0.3) is 0 Å². The average Bonchev–Trinajstić information content (AvgIpc) is 3.05. The maximum Gasteiger partial charge on any atom is 0.407 e. The number of amides is 1. The summed E-state index contributed by atoms with van der Waals surface area (Å²) >= 11 is 0. The van der Waals surface area contributed by atoms with Crippen molar-refractivity contribution in [2.75, 3.05) is 13.2 Å². The molecule has 2 rings (SSSR count). The molecule has 0 aliphatic heterocycles. The van der Waals surface area contributed by atoms with Gasteiger partial charge in [-0.1, -0.05) is 24.1 Å². The van der Waals surface area contributed by atoms with Crippen molar-refractivity contribution in [3.05, 3.63) is 48.0 Å². The molecule has 1 heterocycles. The van der Waals surface area contributed by atoms with Crippen LogP contribution in [0.5, 0.6) is 5.75 Å². The van der Waals surface area contributed by atoms with E-state index in [1.165, 1.54) is 0 Å². The number of nitrogens with one attached hydrogen (secondary N) is 2. The third-order valence-corrected chi connectivity index (χ3v) is 2.85. The number of carbonyl (C=O) groups is 1. The molecule has 0 radical (unpaired) electrons. The zero-order valence-electron chi connectivity index (χ0n) is 12.0. The monoisotopic (exact) mass is 299 g/mol. The standard InChI is InChI=1S/C16H17N3O3/c1-2-9-21-15-6-4-3-5-13(15)11-22-16(20)18-8-7-14-10-17-12-19-14/h1,3-6,10,12H,7-9,11H2,(H,17,19)(H,18,20). The molecular weight excluding hydrogens is 282 g/mol. The molecule has 0 saturated carbocycles. The molecule has 2 aromatic rings. The summed E-state index contributed by atoms with van der Waals surface area (Å²) in [5.74, 6) is 3.01. The fraction of sp³-hybridized carbons (Fsp3) is 0.250. The Morgan fingerprint density at radius 2 is 2.27 bits per heavy atom. The molecule has 2 N–H and O–H groups in total. The van der Waals surface area contributed by atoms with Crippen LogP contribution in [0.3, 0.4) is 0 Å². The Bertz CT molecular complexity index is 632. The lowest BCUT2D eigenvalue weighted by molar-refractivity contribution is 0.138. The molecular formula is C16H17N3O3. The van der Waals surface area contributed by atoms with E-state index in [1.54, 1.807) is 18.6 Å². The van der Waals surface area contributed by atoms with E-state index in [0.29, 0.717) is 18.7 Å². The molecule has 0 aliphatic rings. The highest BCUT2D eigenvalue weighted by atomic mass is 16.5. The van der Waals surface area contributed by atoms with Crippen molar-refractivity contribution in [3.63, 3.8) is 0 Å². The second kappa shape index (κ2) is 8.37. The minimum absolute atomic E-state index is 0.120. The van der Waals surface area contributed by atoms with Crippen LogP contribution < -0.4 is 10.1 Å². The van der Waals surface area contributed by atoms with Gasteiger partial charge in [0.05, 0.1) is 12.0 Å². The largest absolute Gasteiger partial charge is 0.481 e. The van der Waals surface area contributed by atoms with Crippen LogP contribution in [-0.2, 0) is 17.8 Å². The maximum absolute atomic E-state index is 11.6. The summed E-state index contributed by atoms with van der Waals surface area (Å²) in [7, 11) is 0. The second-order valence-corrected chi connectivity index (χ2v) is 4.41. The molecule has 0 saturated heterocycles. The Morgan fingerprint density at radius 3 is 3.05 bits per heavy atom. The Kier molecular flexibility index (Phi) is 5.88. The summed E-state index contributed by atoms with van der Waals surface area (Å²) in [6.45, 7) is 0.751. The number of rotatable bonds is 7. The first-order valence-electron chi connectivity index (χ1n) is 6.82. The van der Waals surface area contributed by atoms with Crippen molar-refractivity contribution in [1.82, 2.24) is 15.3 Å². The van der Waals surface area contributed by atoms with Gasteiger partial charge in [-0.25, -0.2) is 9.78 Å². The van der Waals surface area contributed by atoms with Crippen molar-refractivity contribution in [1.29, 1.82) is 0 Å². The van der Waals surface area contributed by atoms with Gasteiger partial charge >= 0.3 is 6.09 Å². The molecule has 0 spiro atoms. The van der Waals surface area contributed by atoms with Gasteiger partial charge in [0.1, 0.15) is 19.0 Å². The molecule has 1 aromatic carbocycles. The summed E-state index contributed by atoms with van der Waals surface area (Å²) in [4.78, 5) is 18.6. The minimum atomic E-state index is -0.484. The van der Waals surface area contributed by atoms with E-state index in [1.807, 2.05) is 18.2 Å². The number of aromatic nitrogens is 2. The third kappa shape index (κ3) is 4.87. The summed E-state index contributed by atoms with van der Waals surface area (Å²) in [5.41, 5.74) is 1.65. The molecule has 1 aromatic heterocycles. The van der Waals surface area contributed by atoms with Crippen LogP contribution in [0.25, 0.3) is 0 Å². The molecule has 6 nitrogen and oxygen atoms in total. The zero-order valence-corrected chi connectivity index (χ0v) is 12.0. The van der Waals surface area contributed by atoms with Crippen LogP contribution in [-0.4, -0.2) is 29.2 Å². The molecule has 0 bridgehead atoms. The lowest BCUT2D eigenvalue weighted by atomic mass is 10.2. The van der Waals surface area contributed by atoms with Crippen LogP contribution in [0.2, 0.25) is 0 Å². The second-order valence-electron chi connectivity index (χ2n) is 4.41. The van der Waals surface area contributed by atoms with Crippen molar-refractivity contribution in [3.8, 4) is 18.1 Å². The number of hydrogen-bond acceptors (Lipinski definition) is 4. The summed E-state index contributed by atoms with van der Waals surface area (Å²) in [5, 5.41) is 2.67. The number of hydrogen-bond donors (Lipinski definition) is 2. The van der Waals surface area contributed by atoms with Gasteiger partial charge in [0.15, 0.2) is 0 Å².